The Kier molecular flexibility index (Phi) is 6.71. The summed E-state index contributed by atoms with van der Waals surface area (Å²) in [5, 5.41) is 2.72. The van der Waals surface area contributed by atoms with Gasteiger partial charge in [-0.15, -0.1) is 0 Å². The van der Waals surface area contributed by atoms with Gasteiger partial charge in [-0.25, -0.2) is 0 Å². The fraction of sp³-hybridized carbons (Fsp3) is 0.300. The van der Waals surface area contributed by atoms with E-state index in [9.17, 15) is 9.59 Å². The minimum Gasteiger partial charge on any atom is -0.333 e. The summed E-state index contributed by atoms with van der Waals surface area (Å²) < 4.78 is 0. The molecule has 5 heteroatoms. The topological polar surface area (TPSA) is 52.7 Å². The lowest BCUT2D eigenvalue weighted by molar-refractivity contribution is -0.114. The Bertz CT molecular complexity index is 714. The Morgan fingerprint density at radius 3 is 2.32 bits per heavy atom. The second-order valence-corrected chi connectivity index (χ2v) is 6.28. The molecule has 0 aliphatic carbocycles. The molecular weight excluding hydrogens is 314 g/mol. The van der Waals surface area contributed by atoms with Crippen molar-refractivity contribution in [3.05, 3.63) is 65.7 Å². The van der Waals surface area contributed by atoms with E-state index < -0.39 is 0 Å². The van der Waals surface area contributed by atoms with Crippen molar-refractivity contribution >= 4 is 17.5 Å². The molecule has 2 aromatic carbocycles. The number of nitrogens with one attached hydrogen (secondary N) is 1. The van der Waals surface area contributed by atoms with Crippen LogP contribution in [-0.4, -0.2) is 48.8 Å². The Morgan fingerprint density at radius 1 is 0.960 bits per heavy atom. The first kappa shape index (κ1) is 18.7. The van der Waals surface area contributed by atoms with Gasteiger partial charge in [0.15, 0.2) is 0 Å². The normalized spacial score (nSPS) is 10.6. The summed E-state index contributed by atoms with van der Waals surface area (Å²) in [6, 6.07) is 17.0. The molecule has 0 saturated carbocycles. The van der Waals surface area contributed by atoms with Gasteiger partial charge in [-0.3, -0.25) is 9.59 Å². The van der Waals surface area contributed by atoms with Gasteiger partial charge in [0, 0.05) is 37.8 Å². The molecule has 0 bridgehead atoms. The number of amides is 2. The minimum atomic E-state index is -0.154. The van der Waals surface area contributed by atoms with Crippen molar-refractivity contribution in [1.29, 1.82) is 0 Å². The van der Waals surface area contributed by atoms with E-state index >= 15 is 0 Å². The third-order valence-electron chi connectivity index (χ3n) is 3.75. The van der Waals surface area contributed by atoms with Crippen molar-refractivity contribution in [2.45, 2.75) is 13.5 Å². The molecule has 0 fully saturated rings. The lowest BCUT2D eigenvalue weighted by Crippen LogP contribution is -2.36. The van der Waals surface area contributed by atoms with E-state index in [4.69, 9.17) is 0 Å². The van der Waals surface area contributed by atoms with Crippen molar-refractivity contribution < 1.29 is 9.59 Å². The molecule has 0 unspecified atom stereocenters. The number of anilines is 1. The van der Waals surface area contributed by atoms with Gasteiger partial charge < -0.3 is 15.1 Å². The molecule has 2 aromatic rings. The van der Waals surface area contributed by atoms with Gasteiger partial charge in [0.2, 0.25) is 5.91 Å². The van der Waals surface area contributed by atoms with Crippen LogP contribution in [0, 0.1) is 0 Å². The highest BCUT2D eigenvalue weighted by molar-refractivity contribution is 5.96. The molecule has 0 saturated heterocycles. The SMILES string of the molecule is CC(=O)Nc1cccc(C(=O)N(CCN(C)C)Cc2ccccc2)c1. The van der Waals surface area contributed by atoms with Crippen molar-refractivity contribution in [3.63, 3.8) is 0 Å². The average molecular weight is 339 g/mol. The monoisotopic (exact) mass is 339 g/mol. The van der Waals surface area contributed by atoms with Gasteiger partial charge >= 0.3 is 0 Å². The largest absolute Gasteiger partial charge is 0.333 e. The summed E-state index contributed by atoms with van der Waals surface area (Å²) in [6.07, 6.45) is 0. The quantitative estimate of drug-likeness (QED) is 0.844. The molecule has 25 heavy (non-hydrogen) atoms. The number of benzene rings is 2. The van der Waals surface area contributed by atoms with Crippen molar-refractivity contribution in [1.82, 2.24) is 9.80 Å². The smallest absolute Gasteiger partial charge is 0.254 e. The second-order valence-electron chi connectivity index (χ2n) is 6.28. The van der Waals surface area contributed by atoms with Crippen molar-refractivity contribution in [2.75, 3.05) is 32.5 Å². The summed E-state index contributed by atoms with van der Waals surface area (Å²) in [5.74, 6) is -0.198. The third-order valence-corrected chi connectivity index (χ3v) is 3.75. The number of likely N-dealkylation sites (N-methyl/N-ethyl adjacent to an activating group) is 1. The van der Waals surface area contributed by atoms with Crippen molar-refractivity contribution in [2.24, 2.45) is 0 Å². The van der Waals surface area contributed by atoms with Crippen LogP contribution < -0.4 is 5.32 Å². The number of nitrogens with zero attached hydrogens (tertiary/aromatic N) is 2. The van der Waals surface area contributed by atoms with Gasteiger partial charge in [-0.2, -0.15) is 0 Å². The summed E-state index contributed by atoms with van der Waals surface area (Å²) in [5.41, 5.74) is 2.29. The van der Waals surface area contributed by atoms with Crippen LogP contribution in [0.2, 0.25) is 0 Å². The maximum absolute atomic E-state index is 13.0. The van der Waals surface area contributed by atoms with E-state index in [2.05, 4.69) is 10.2 Å². The van der Waals surface area contributed by atoms with Crippen LogP contribution in [0.4, 0.5) is 5.69 Å². The van der Waals surface area contributed by atoms with Gasteiger partial charge in [0.25, 0.3) is 5.91 Å². The first-order valence-corrected chi connectivity index (χ1v) is 8.31. The van der Waals surface area contributed by atoms with Gasteiger partial charge in [-0.05, 0) is 37.9 Å². The fourth-order valence-corrected chi connectivity index (χ4v) is 2.49. The van der Waals surface area contributed by atoms with Crippen LogP contribution in [0.1, 0.15) is 22.8 Å². The zero-order valence-corrected chi connectivity index (χ0v) is 15.0. The predicted octanol–water partition coefficient (Wildman–Crippen LogP) is 2.85. The van der Waals surface area contributed by atoms with Gasteiger partial charge in [0.1, 0.15) is 0 Å². The van der Waals surface area contributed by atoms with Crippen LogP contribution >= 0.6 is 0 Å². The van der Waals surface area contributed by atoms with E-state index in [-0.39, 0.29) is 11.8 Å². The standard InChI is InChI=1S/C20H25N3O2/c1-16(24)21-19-11-7-10-18(14-19)20(25)23(13-12-22(2)3)15-17-8-5-4-6-9-17/h4-11,14H,12-13,15H2,1-3H3,(H,21,24). The highest BCUT2D eigenvalue weighted by atomic mass is 16.2. The summed E-state index contributed by atoms with van der Waals surface area (Å²) in [7, 11) is 3.98. The Labute approximate surface area is 149 Å². The fourth-order valence-electron chi connectivity index (χ4n) is 2.49. The molecule has 5 nitrogen and oxygen atoms in total. The van der Waals surface area contributed by atoms with Crippen LogP contribution in [-0.2, 0) is 11.3 Å². The molecule has 0 spiro atoms. The molecule has 1 N–H and O–H groups in total. The molecular formula is C20H25N3O2. The van der Waals surface area contributed by atoms with Crippen LogP contribution in [0.25, 0.3) is 0 Å². The van der Waals surface area contributed by atoms with Crippen molar-refractivity contribution in [3.8, 4) is 0 Å². The van der Waals surface area contributed by atoms with E-state index in [1.807, 2.05) is 49.3 Å². The molecule has 0 atom stereocenters. The molecule has 0 aromatic heterocycles. The number of carbonyl (C=O) groups excluding carboxylic acids is 2. The zero-order valence-electron chi connectivity index (χ0n) is 15.0. The first-order chi connectivity index (χ1) is 12.0. The highest BCUT2D eigenvalue weighted by Crippen LogP contribution is 2.15. The Hall–Kier alpha value is -2.66. The minimum absolute atomic E-state index is 0.0436. The third kappa shape index (κ3) is 6.04. The maximum Gasteiger partial charge on any atom is 0.254 e. The average Bonchev–Trinajstić information content (AvgIpc) is 2.58. The van der Waals surface area contributed by atoms with Crippen LogP contribution in [0.5, 0.6) is 0 Å². The second kappa shape index (κ2) is 8.99. The summed E-state index contributed by atoms with van der Waals surface area (Å²) >= 11 is 0. The molecule has 0 radical (unpaired) electrons. The first-order valence-electron chi connectivity index (χ1n) is 8.31. The molecule has 132 valence electrons. The number of hydrogen-bond donors (Lipinski definition) is 1. The molecule has 0 heterocycles. The number of carbonyl (C=O) groups is 2. The van der Waals surface area contributed by atoms with Crippen LogP contribution in [0.3, 0.4) is 0 Å². The predicted molar refractivity (Wildman–Crippen MR) is 100 cm³/mol. The van der Waals surface area contributed by atoms with E-state index in [1.54, 1.807) is 24.3 Å². The summed E-state index contributed by atoms with van der Waals surface area (Å²) in [6.45, 7) is 3.42. The van der Waals surface area contributed by atoms with Gasteiger partial charge in [0.05, 0.1) is 0 Å². The van der Waals surface area contributed by atoms with E-state index in [0.717, 1.165) is 12.1 Å². The Balaban J connectivity index is 2.20. The molecule has 2 rings (SSSR count). The number of hydrogen-bond acceptors (Lipinski definition) is 3. The Morgan fingerprint density at radius 2 is 1.68 bits per heavy atom. The molecule has 0 aliphatic heterocycles. The highest BCUT2D eigenvalue weighted by Gasteiger charge is 2.17. The molecule has 0 aliphatic rings. The lowest BCUT2D eigenvalue weighted by Gasteiger charge is -2.25. The van der Waals surface area contributed by atoms with Gasteiger partial charge in [-0.1, -0.05) is 36.4 Å². The summed E-state index contributed by atoms with van der Waals surface area (Å²) in [4.78, 5) is 28.1. The number of rotatable bonds is 7. The van der Waals surface area contributed by atoms with E-state index in [0.29, 0.717) is 24.3 Å². The van der Waals surface area contributed by atoms with E-state index in [1.165, 1.54) is 6.92 Å². The molecule has 2 amide bonds. The lowest BCUT2D eigenvalue weighted by atomic mass is 10.1. The maximum atomic E-state index is 13.0. The van der Waals surface area contributed by atoms with Crippen LogP contribution in [0.15, 0.2) is 54.6 Å². The zero-order chi connectivity index (χ0) is 18.2.